The van der Waals surface area contributed by atoms with Crippen LogP contribution < -0.4 is 5.73 Å². The zero-order valence-corrected chi connectivity index (χ0v) is 7.83. The topological polar surface area (TPSA) is 75.9 Å². The SMILES string of the molecule is CC(C)(C)N.O=C(O)C[C@@H]1CO1. The summed E-state index contributed by atoms with van der Waals surface area (Å²) >= 11 is 0. The van der Waals surface area contributed by atoms with Crippen LogP contribution in [0.1, 0.15) is 27.2 Å². The third-order valence-corrected chi connectivity index (χ3v) is 0.805. The van der Waals surface area contributed by atoms with Gasteiger partial charge in [0.05, 0.1) is 19.1 Å². The van der Waals surface area contributed by atoms with E-state index >= 15 is 0 Å². The van der Waals surface area contributed by atoms with Crippen molar-refractivity contribution in [2.75, 3.05) is 6.61 Å². The molecule has 0 aliphatic carbocycles. The van der Waals surface area contributed by atoms with Crippen molar-refractivity contribution in [1.29, 1.82) is 0 Å². The summed E-state index contributed by atoms with van der Waals surface area (Å²) in [6.07, 6.45) is 0.192. The van der Waals surface area contributed by atoms with E-state index in [-0.39, 0.29) is 18.1 Å². The first-order chi connectivity index (χ1) is 5.29. The predicted octanol–water partition coefficient (Wildman–Crippen LogP) is 0.603. The minimum Gasteiger partial charge on any atom is -0.481 e. The van der Waals surface area contributed by atoms with Gasteiger partial charge < -0.3 is 15.6 Å². The lowest BCUT2D eigenvalue weighted by Crippen LogP contribution is -2.26. The maximum absolute atomic E-state index is 9.77. The van der Waals surface area contributed by atoms with Gasteiger partial charge in [-0.05, 0) is 20.8 Å². The highest BCUT2D eigenvalue weighted by Crippen LogP contribution is 2.12. The molecule has 72 valence electrons. The van der Waals surface area contributed by atoms with E-state index in [4.69, 9.17) is 10.8 Å². The molecular weight excluding hydrogens is 158 g/mol. The summed E-state index contributed by atoms with van der Waals surface area (Å²) in [5.74, 6) is -0.775. The van der Waals surface area contributed by atoms with Crippen molar-refractivity contribution in [1.82, 2.24) is 0 Å². The molecule has 0 aromatic carbocycles. The van der Waals surface area contributed by atoms with Crippen LogP contribution in [0.4, 0.5) is 0 Å². The number of ether oxygens (including phenoxy) is 1. The molecule has 0 aromatic heterocycles. The number of hydrogen-bond donors (Lipinski definition) is 2. The Morgan fingerprint density at radius 3 is 2.08 bits per heavy atom. The summed E-state index contributed by atoms with van der Waals surface area (Å²) < 4.78 is 4.64. The molecule has 0 aromatic rings. The molecule has 3 N–H and O–H groups in total. The first-order valence-corrected chi connectivity index (χ1v) is 3.91. The highest BCUT2D eigenvalue weighted by molar-refractivity contribution is 5.67. The van der Waals surface area contributed by atoms with Crippen LogP contribution in [0.15, 0.2) is 0 Å². The van der Waals surface area contributed by atoms with Crippen LogP contribution in [-0.2, 0) is 9.53 Å². The van der Waals surface area contributed by atoms with Crippen molar-refractivity contribution in [3.8, 4) is 0 Å². The molecule has 0 radical (unpaired) electrons. The number of epoxide rings is 1. The number of hydrogen-bond acceptors (Lipinski definition) is 3. The van der Waals surface area contributed by atoms with E-state index in [1.807, 2.05) is 20.8 Å². The van der Waals surface area contributed by atoms with Crippen molar-refractivity contribution in [2.24, 2.45) is 5.73 Å². The Labute approximate surface area is 72.7 Å². The van der Waals surface area contributed by atoms with Crippen molar-refractivity contribution in [2.45, 2.75) is 38.8 Å². The molecule has 1 heterocycles. The van der Waals surface area contributed by atoms with Gasteiger partial charge in [0.1, 0.15) is 0 Å². The van der Waals surface area contributed by atoms with Gasteiger partial charge in [-0.2, -0.15) is 0 Å². The number of carboxylic acids is 1. The van der Waals surface area contributed by atoms with Gasteiger partial charge in [0, 0.05) is 5.54 Å². The third-order valence-electron chi connectivity index (χ3n) is 0.805. The van der Waals surface area contributed by atoms with E-state index in [0.29, 0.717) is 6.61 Å². The molecular formula is C8H17NO3. The molecule has 0 unspecified atom stereocenters. The fourth-order valence-electron chi connectivity index (χ4n) is 0.381. The van der Waals surface area contributed by atoms with Crippen LogP contribution in [0.25, 0.3) is 0 Å². The van der Waals surface area contributed by atoms with E-state index in [0.717, 1.165) is 0 Å². The second-order valence-corrected chi connectivity index (χ2v) is 3.92. The van der Waals surface area contributed by atoms with Gasteiger partial charge in [-0.3, -0.25) is 4.79 Å². The minimum absolute atomic E-state index is 0. The summed E-state index contributed by atoms with van der Waals surface area (Å²) in [6.45, 7) is 6.53. The van der Waals surface area contributed by atoms with Gasteiger partial charge in [0.2, 0.25) is 0 Å². The maximum Gasteiger partial charge on any atom is 0.306 e. The summed E-state index contributed by atoms with van der Waals surface area (Å²) in [5, 5.41) is 8.04. The Balaban J connectivity index is 0.000000217. The number of nitrogens with two attached hydrogens (primary N) is 1. The summed E-state index contributed by atoms with van der Waals surface area (Å²) in [4.78, 5) is 9.77. The Morgan fingerprint density at radius 1 is 1.67 bits per heavy atom. The molecule has 0 amide bonds. The molecule has 1 saturated heterocycles. The predicted molar refractivity (Wildman–Crippen MR) is 45.9 cm³/mol. The molecule has 0 bridgehead atoms. The lowest BCUT2D eigenvalue weighted by atomic mass is 10.1. The monoisotopic (exact) mass is 175 g/mol. The Bertz CT molecular complexity index is 141. The van der Waals surface area contributed by atoms with Crippen molar-refractivity contribution >= 4 is 5.97 Å². The lowest BCUT2D eigenvalue weighted by Gasteiger charge is -2.06. The fourth-order valence-corrected chi connectivity index (χ4v) is 0.381. The number of aliphatic carboxylic acids is 1. The fraction of sp³-hybridized carbons (Fsp3) is 0.875. The Morgan fingerprint density at radius 2 is 2.00 bits per heavy atom. The van der Waals surface area contributed by atoms with E-state index in [1.54, 1.807) is 0 Å². The normalized spacial score (nSPS) is 20.8. The second kappa shape index (κ2) is 4.42. The van der Waals surface area contributed by atoms with Crippen LogP contribution in [-0.4, -0.2) is 29.3 Å². The van der Waals surface area contributed by atoms with Gasteiger partial charge in [0.15, 0.2) is 0 Å². The highest BCUT2D eigenvalue weighted by atomic mass is 16.6. The van der Waals surface area contributed by atoms with Gasteiger partial charge in [-0.1, -0.05) is 0 Å². The second-order valence-electron chi connectivity index (χ2n) is 3.92. The molecule has 1 atom stereocenters. The van der Waals surface area contributed by atoms with E-state index < -0.39 is 5.97 Å². The number of carboxylic acid groups (broad SMARTS) is 1. The van der Waals surface area contributed by atoms with Gasteiger partial charge >= 0.3 is 5.97 Å². The van der Waals surface area contributed by atoms with E-state index in [2.05, 4.69) is 4.74 Å². The quantitative estimate of drug-likeness (QED) is 0.603. The Kier molecular flexibility index (Phi) is 4.20. The van der Waals surface area contributed by atoms with Crippen LogP contribution in [0.2, 0.25) is 0 Å². The number of rotatable bonds is 2. The first-order valence-electron chi connectivity index (χ1n) is 3.91. The molecule has 12 heavy (non-hydrogen) atoms. The molecule has 0 saturated carbocycles. The largest absolute Gasteiger partial charge is 0.481 e. The average molecular weight is 175 g/mol. The first kappa shape index (κ1) is 11.4. The molecule has 4 heteroatoms. The van der Waals surface area contributed by atoms with Gasteiger partial charge in [-0.15, -0.1) is 0 Å². The zero-order chi connectivity index (χ0) is 9.78. The summed E-state index contributed by atoms with van der Waals surface area (Å²) in [5.41, 5.74) is 5.35. The van der Waals surface area contributed by atoms with Crippen LogP contribution >= 0.6 is 0 Å². The van der Waals surface area contributed by atoms with E-state index in [9.17, 15) is 4.79 Å². The molecule has 4 nitrogen and oxygen atoms in total. The smallest absolute Gasteiger partial charge is 0.306 e. The maximum atomic E-state index is 9.77. The summed E-state index contributed by atoms with van der Waals surface area (Å²) in [7, 11) is 0. The molecule has 1 rings (SSSR count). The molecule has 1 fully saturated rings. The average Bonchev–Trinajstić information content (AvgIpc) is 2.41. The third kappa shape index (κ3) is 16.2. The highest BCUT2D eigenvalue weighted by Gasteiger charge is 2.24. The molecule has 1 aliphatic heterocycles. The van der Waals surface area contributed by atoms with E-state index in [1.165, 1.54) is 0 Å². The van der Waals surface area contributed by atoms with Crippen LogP contribution in [0.3, 0.4) is 0 Å². The Hall–Kier alpha value is -0.610. The lowest BCUT2D eigenvalue weighted by molar-refractivity contribution is -0.137. The number of carbonyl (C=O) groups is 1. The van der Waals surface area contributed by atoms with Crippen LogP contribution in [0, 0.1) is 0 Å². The summed E-state index contributed by atoms with van der Waals surface area (Å²) in [6, 6.07) is 0. The van der Waals surface area contributed by atoms with Gasteiger partial charge in [-0.25, -0.2) is 0 Å². The standard InChI is InChI=1S/C4H11N.C4H6O3/c1-4(2,3)5;5-4(6)1-3-2-7-3/h5H2,1-3H3;3H,1-2H2,(H,5,6)/t;3-/m.1/s1. The van der Waals surface area contributed by atoms with Crippen molar-refractivity contribution < 1.29 is 14.6 Å². The molecule has 0 spiro atoms. The van der Waals surface area contributed by atoms with Crippen LogP contribution in [0.5, 0.6) is 0 Å². The minimum atomic E-state index is -0.775. The van der Waals surface area contributed by atoms with Crippen molar-refractivity contribution in [3.63, 3.8) is 0 Å². The van der Waals surface area contributed by atoms with Crippen molar-refractivity contribution in [3.05, 3.63) is 0 Å². The van der Waals surface area contributed by atoms with Gasteiger partial charge in [0.25, 0.3) is 0 Å². The molecule has 1 aliphatic rings. The zero-order valence-electron chi connectivity index (χ0n) is 7.83.